The van der Waals surface area contributed by atoms with Crippen LogP contribution in [0.15, 0.2) is 53.1 Å². The number of phenols is 1. The van der Waals surface area contributed by atoms with Crippen molar-refractivity contribution in [2.24, 2.45) is 23.5 Å². The molecule has 0 saturated carbocycles. The Labute approximate surface area is 205 Å². The number of carbonyl (C=O) groups is 4. The van der Waals surface area contributed by atoms with E-state index in [0.717, 1.165) is 0 Å². The number of ketones is 2. The first-order valence-corrected chi connectivity index (χ1v) is 11.4. The van der Waals surface area contributed by atoms with Gasteiger partial charge in [0.05, 0.1) is 11.5 Å². The number of benzene rings is 1. The summed E-state index contributed by atoms with van der Waals surface area (Å²) in [6.07, 6.45) is 2.13. The maximum atomic E-state index is 13.6. The average Bonchev–Trinajstić information content (AvgIpc) is 2.78. The maximum Gasteiger partial charge on any atom is 0.255 e. The molecule has 3 aliphatic carbocycles. The summed E-state index contributed by atoms with van der Waals surface area (Å²) >= 11 is 0. The SMILES string of the molecule is CC(=O)Nc1ccc(-c2ccc(O)c3c2CC2CC4CC(O)=C(C(N)=O)C(=O)C4C(O)=C2C3=O)cn1. The van der Waals surface area contributed by atoms with Gasteiger partial charge in [-0.1, -0.05) is 6.07 Å². The zero-order valence-corrected chi connectivity index (χ0v) is 19.2. The summed E-state index contributed by atoms with van der Waals surface area (Å²) in [5.41, 5.74) is 6.69. The number of allylic oxidation sites excluding steroid dienone is 3. The molecule has 10 nitrogen and oxygen atoms in total. The monoisotopic (exact) mass is 489 g/mol. The lowest BCUT2D eigenvalue weighted by molar-refractivity contribution is -0.126. The number of phenolic OH excluding ortho intramolecular Hbond substituents is 1. The second-order valence-corrected chi connectivity index (χ2v) is 9.36. The number of carbonyl (C=O) groups excluding carboxylic acids is 4. The third-order valence-electron chi connectivity index (χ3n) is 7.15. The van der Waals surface area contributed by atoms with Gasteiger partial charge in [-0.3, -0.25) is 19.2 Å². The van der Waals surface area contributed by atoms with E-state index in [9.17, 15) is 34.5 Å². The van der Waals surface area contributed by atoms with Crippen LogP contribution in [0.5, 0.6) is 5.75 Å². The molecule has 0 saturated heterocycles. The molecule has 0 bridgehead atoms. The van der Waals surface area contributed by atoms with Crippen LogP contribution in [0, 0.1) is 17.8 Å². The number of fused-ring (bicyclic) bond motifs is 3. The minimum atomic E-state index is -1.16. The van der Waals surface area contributed by atoms with Gasteiger partial charge in [0.15, 0.2) is 11.6 Å². The van der Waals surface area contributed by atoms with Gasteiger partial charge in [0.25, 0.3) is 5.91 Å². The Bertz CT molecular complexity index is 1420. The molecule has 36 heavy (non-hydrogen) atoms. The van der Waals surface area contributed by atoms with E-state index in [-0.39, 0.29) is 29.2 Å². The molecule has 0 radical (unpaired) electrons. The van der Waals surface area contributed by atoms with Crippen molar-refractivity contribution in [3.8, 4) is 16.9 Å². The van der Waals surface area contributed by atoms with Gasteiger partial charge in [-0.25, -0.2) is 4.98 Å². The molecule has 0 aliphatic heterocycles. The molecule has 2 aromatic rings. The zero-order valence-electron chi connectivity index (χ0n) is 19.2. The van der Waals surface area contributed by atoms with Crippen LogP contribution in [0.25, 0.3) is 11.1 Å². The van der Waals surface area contributed by atoms with Crippen molar-refractivity contribution in [1.82, 2.24) is 4.98 Å². The van der Waals surface area contributed by atoms with Crippen molar-refractivity contribution >= 4 is 29.2 Å². The van der Waals surface area contributed by atoms with Crippen LogP contribution < -0.4 is 11.1 Å². The van der Waals surface area contributed by atoms with Gasteiger partial charge in [-0.15, -0.1) is 0 Å². The molecule has 1 aromatic heterocycles. The summed E-state index contributed by atoms with van der Waals surface area (Å²) in [6.45, 7) is 1.37. The first kappa shape index (κ1) is 23.3. The summed E-state index contributed by atoms with van der Waals surface area (Å²) in [4.78, 5) is 53.8. The Morgan fingerprint density at radius 2 is 1.83 bits per heavy atom. The minimum Gasteiger partial charge on any atom is -0.511 e. The van der Waals surface area contributed by atoms with Gasteiger partial charge in [-0.05, 0) is 54.0 Å². The smallest absolute Gasteiger partial charge is 0.255 e. The van der Waals surface area contributed by atoms with Gasteiger partial charge in [0, 0.05) is 30.7 Å². The molecule has 2 amide bonds. The summed E-state index contributed by atoms with van der Waals surface area (Å²) in [5, 5.41) is 34.5. The number of nitrogens with two attached hydrogens (primary N) is 1. The second-order valence-electron chi connectivity index (χ2n) is 9.36. The largest absolute Gasteiger partial charge is 0.511 e. The fraction of sp³-hybridized carbons (Fsp3) is 0.269. The number of nitrogens with one attached hydrogen (secondary N) is 1. The number of amides is 2. The van der Waals surface area contributed by atoms with Crippen molar-refractivity contribution in [3.05, 3.63) is 64.3 Å². The number of aromatic hydroxyl groups is 1. The Morgan fingerprint density at radius 1 is 1.08 bits per heavy atom. The van der Waals surface area contributed by atoms with Crippen LogP contribution >= 0.6 is 0 Å². The van der Waals surface area contributed by atoms with E-state index >= 15 is 0 Å². The van der Waals surface area contributed by atoms with Gasteiger partial charge < -0.3 is 26.4 Å². The lowest BCUT2D eigenvalue weighted by atomic mass is 9.62. The molecular weight excluding hydrogens is 466 g/mol. The lowest BCUT2D eigenvalue weighted by Crippen LogP contribution is -2.43. The zero-order chi connectivity index (χ0) is 25.9. The minimum absolute atomic E-state index is 0.0228. The number of aromatic nitrogens is 1. The van der Waals surface area contributed by atoms with Crippen LogP contribution in [0.2, 0.25) is 0 Å². The highest BCUT2D eigenvalue weighted by molar-refractivity contribution is 6.22. The highest BCUT2D eigenvalue weighted by Gasteiger charge is 2.50. The predicted molar refractivity (Wildman–Crippen MR) is 127 cm³/mol. The number of hydrogen-bond acceptors (Lipinski definition) is 8. The van der Waals surface area contributed by atoms with Crippen LogP contribution in [-0.4, -0.2) is 43.7 Å². The molecule has 1 aromatic carbocycles. The number of anilines is 1. The lowest BCUT2D eigenvalue weighted by Gasteiger charge is -2.41. The fourth-order valence-corrected chi connectivity index (χ4v) is 5.72. The molecule has 3 aliphatic rings. The molecule has 6 N–H and O–H groups in total. The molecule has 3 atom stereocenters. The Hall–Kier alpha value is -4.47. The summed E-state index contributed by atoms with van der Waals surface area (Å²) in [7, 11) is 0. The number of aliphatic hydroxyl groups is 2. The van der Waals surface area contributed by atoms with Gasteiger partial charge in [0.2, 0.25) is 5.91 Å². The normalized spacial score (nSPS) is 23.1. The Balaban J connectivity index is 1.59. The van der Waals surface area contributed by atoms with E-state index in [1.807, 2.05) is 0 Å². The van der Waals surface area contributed by atoms with E-state index in [0.29, 0.717) is 35.3 Å². The Kier molecular flexibility index (Phi) is 5.39. The number of rotatable bonds is 3. The maximum absolute atomic E-state index is 13.6. The fourth-order valence-electron chi connectivity index (χ4n) is 5.72. The molecule has 3 unspecified atom stereocenters. The third kappa shape index (κ3) is 3.53. The average molecular weight is 489 g/mol. The van der Waals surface area contributed by atoms with Gasteiger partial charge in [0.1, 0.15) is 28.7 Å². The Morgan fingerprint density at radius 3 is 2.47 bits per heavy atom. The van der Waals surface area contributed by atoms with Gasteiger partial charge in [-0.2, -0.15) is 0 Å². The molecule has 1 heterocycles. The van der Waals surface area contributed by atoms with Crippen molar-refractivity contribution in [1.29, 1.82) is 0 Å². The number of primary amides is 1. The van der Waals surface area contributed by atoms with Crippen LogP contribution in [0.3, 0.4) is 0 Å². The van der Waals surface area contributed by atoms with E-state index in [4.69, 9.17) is 5.73 Å². The highest BCUT2D eigenvalue weighted by Crippen LogP contribution is 2.50. The second kappa shape index (κ2) is 8.33. The summed E-state index contributed by atoms with van der Waals surface area (Å²) in [6, 6.07) is 6.43. The van der Waals surface area contributed by atoms with E-state index < -0.39 is 52.3 Å². The molecule has 184 valence electrons. The number of pyridine rings is 1. The van der Waals surface area contributed by atoms with Crippen LogP contribution in [0.1, 0.15) is 35.7 Å². The van der Waals surface area contributed by atoms with Crippen molar-refractivity contribution in [2.75, 3.05) is 5.32 Å². The number of hydrogen-bond donors (Lipinski definition) is 5. The first-order valence-electron chi connectivity index (χ1n) is 11.4. The summed E-state index contributed by atoms with van der Waals surface area (Å²) < 4.78 is 0. The topological polar surface area (TPSA) is 180 Å². The third-order valence-corrected chi connectivity index (χ3v) is 7.15. The number of aliphatic hydroxyl groups excluding tert-OH is 2. The number of Topliss-reactive ketones (excluding diaryl/α,β-unsaturated/α-hetero) is 2. The quantitative estimate of drug-likeness (QED) is 0.408. The highest BCUT2D eigenvalue weighted by atomic mass is 16.3. The summed E-state index contributed by atoms with van der Waals surface area (Å²) in [5.74, 6) is -5.60. The molecule has 0 fully saturated rings. The number of nitrogens with zero attached hydrogens (tertiary/aromatic N) is 1. The van der Waals surface area contributed by atoms with Crippen LogP contribution in [0.4, 0.5) is 5.82 Å². The van der Waals surface area contributed by atoms with Gasteiger partial charge >= 0.3 is 0 Å². The van der Waals surface area contributed by atoms with E-state index in [2.05, 4.69) is 10.3 Å². The molecule has 0 spiro atoms. The van der Waals surface area contributed by atoms with E-state index in [1.54, 1.807) is 24.4 Å². The molecule has 5 rings (SSSR count). The van der Waals surface area contributed by atoms with Crippen LogP contribution in [-0.2, 0) is 20.8 Å². The van der Waals surface area contributed by atoms with Crippen molar-refractivity contribution < 1.29 is 34.5 Å². The molecule has 10 heteroatoms. The first-order chi connectivity index (χ1) is 17.1. The van der Waals surface area contributed by atoms with Crippen molar-refractivity contribution in [2.45, 2.75) is 26.2 Å². The predicted octanol–water partition coefficient (Wildman–Crippen LogP) is 2.49. The molecular formula is C26H23N3O7. The standard InChI is InChI=1S/C26H23N3O7/c1-10(30)29-18-5-2-11(9-28-18)14-3-4-16(31)21-15(14)7-12-6-13-8-17(32)22(26(27)36)25(35)20(13)23(33)19(12)24(21)34/h2-5,9,12-13,20,31-33H,6-8H2,1H3,(H2,27,36)(H,28,29,30). The van der Waals surface area contributed by atoms with Crippen molar-refractivity contribution in [3.63, 3.8) is 0 Å². The van der Waals surface area contributed by atoms with E-state index in [1.165, 1.54) is 13.0 Å².